The summed E-state index contributed by atoms with van der Waals surface area (Å²) in [6.45, 7) is 6.77. The summed E-state index contributed by atoms with van der Waals surface area (Å²) in [5.74, 6) is 0.261. The van der Waals surface area contributed by atoms with Crippen LogP contribution in [0.4, 0.5) is 19.1 Å². The fourth-order valence-electron chi connectivity index (χ4n) is 10.2. The van der Waals surface area contributed by atoms with Gasteiger partial charge in [0.2, 0.25) is 5.95 Å². The Morgan fingerprint density at radius 3 is 2.16 bits per heavy atom. The average molecular weight is 793 g/mol. The molecule has 10 rings (SSSR count). The van der Waals surface area contributed by atoms with Crippen LogP contribution in [0.15, 0.2) is 85.3 Å². The number of benzene rings is 2. The maximum absolute atomic E-state index is 15.1. The number of hydrogen-bond acceptors (Lipinski definition) is 8. The Kier molecular flexibility index (Phi) is 9.47. The van der Waals surface area contributed by atoms with Crippen LogP contribution in [-0.4, -0.2) is 61.7 Å². The van der Waals surface area contributed by atoms with Crippen LogP contribution < -0.4 is 15.0 Å². The van der Waals surface area contributed by atoms with Crippen molar-refractivity contribution >= 4 is 28.7 Å². The molecule has 4 bridgehead atoms. The normalized spacial score (nSPS) is 24.6. The van der Waals surface area contributed by atoms with Crippen LogP contribution in [0, 0.1) is 23.7 Å². The molecule has 2 aromatic carbocycles. The van der Waals surface area contributed by atoms with Gasteiger partial charge < -0.3 is 24.3 Å². The lowest BCUT2D eigenvalue weighted by Crippen LogP contribution is -2.71. The minimum Gasteiger partial charge on any atom is -0.490 e. The van der Waals surface area contributed by atoms with Gasteiger partial charge in [0, 0.05) is 67.2 Å². The fourth-order valence-corrected chi connectivity index (χ4v) is 10.2. The molecular formula is C45H47F3N6O4. The number of ether oxygens (including phenoxy) is 2. The third kappa shape index (κ3) is 7.06. The van der Waals surface area contributed by atoms with Gasteiger partial charge in [-0.3, -0.25) is 4.79 Å². The van der Waals surface area contributed by atoms with Crippen LogP contribution in [0.2, 0.25) is 0 Å². The summed E-state index contributed by atoms with van der Waals surface area (Å²) in [5.41, 5.74) is -2.12. The molecule has 10 nitrogen and oxygen atoms in total. The van der Waals surface area contributed by atoms with Crippen molar-refractivity contribution in [1.82, 2.24) is 24.8 Å². The zero-order valence-corrected chi connectivity index (χ0v) is 32.8. The number of esters is 1. The number of pyridine rings is 1. The highest BCUT2D eigenvalue weighted by molar-refractivity contribution is 6.01. The highest BCUT2D eigenvalue weighted by Gasteiger charge is 2.63. The van der Waals surface area contributed by atoms with Crippen LogP contribution in [0.5, 0.6) is 5.75 Å². The molecule has 13 heteroatoms. The monoisotopic (exact) mass is 792 g/mol. The van der Waals surface area contributed by atoms with E-state index >= 15 is 13.2 Å². The zero-order chi connectivity index (χ0) is 40.4. The molecule has 4 aliphatic carbocycles. The van der Waals surface area contributed by atoms with Crippen molar-refractivity contribution in [3.63, 3.8) is 0 Å². The van der Waals surface area contributed by atoms with Crippen molar-refractivity contribution in [1.29, 1.82) is 0 Å². The van der Waals surface area contributed by atoms with E-state index in [2.05, 4.69) is 25.2 Å². The number of para-hydroxylation sites is 1. The summed E-state index contributed by atoms with van der Waals surface area (Å²) in [6, 6.07) is 19.6. The van der Waals surface area contributed by atoms with E-state index in [4.69, 9.17) is 9.47 Å². The van der Waals surface area contributed by atoms with Gasteiger partial charge in [0.25, 0.3) is 5.91 Å². The second kappa shape index (κ2) is 14.4. The Hall–Kier alpha value is -5.46. The number of rotatable bonds is 8. The standard InChI is InChI=1S/C45H47F3N6O4/c1-43(2,3)58-41(56)44(29-21-27-20-28(23-29)24-30(44)22-27)52-40(55)35-12-13-37(51-39(35)45(46,47)48)36-26-54(31-8-5-4-6-9-31)38-25-33(10-11-34(36)38)57-32-14-18-53(19-15-32)42-49-16-7-17-50-42/h4-13,16-17,25-30,32H,14-15,18-24H2,1-3H3,(H,52,55). The molecule has 1 N–H and O–H groups in total. The van der Waals surface area contributed by atoms with Gasteiger partial charge in [0.15, 0.2) is 5.69 Å². The van der Waals surface area contributed by atoms with Crippen LogP contribution in [0.3, 0.4) is 0 Å². The Balaban J connectivity index is 1.04. The Morgan fingerprint density at radius 2 is 1.52 bits per heavy atom. The van der Waals surface area contributed by atoms with E-state index in [0.29, 0.717) is 34.5 Å². The average Bonchev–Trinajstić information content (AvgIpc) is 3.57. The molecule has 0 unspecified atom stereocenters. The van der Waals surface area contributed by atoms with Crippen LogP contribution in [-0.2, 0) is 15.7 Å². The molecule has 0 spiro atoms. The zero-order valence-electron chi connectivity index (χ0n) is 32.8. The van der Waals surface area contributed by atoms with Gasteiger partial charge in [-0.2, -0.15) is 13.2 Å². The number of piperidine rings is 1. The van der Waals surface area contributed by atoms with Crippen molar-refractivity contribution in [2.75, 3.05) is 18.0 Å². The summed E-state index contributed by atoms with van der Waals surface area (Å²) in [7, 11) is 0. The van der Waals surface area contributed by atoms with Crippen molar-refractivity contribution in [3.8, 4) is 22.7 Å². The van der Waals surface area contributed by atoms with Gasteiger partial charge in [-0.15, -0.1) is 0 Å². The molecule has 0 atom stereocenters. The molecule has 5 aliphatic rings. The Bertz CT molecular complexity index is 2310. The number of anilines is 1. The predicted molar refractivity (Wildman–Crippen MR) is 212 cm³/mol. The quantitative estimate of drug-likeness (QED) is 0.155. The predicted octanol–water partition coefficient (Wildman–Crippen LogP) is 8.82. The maximum Gasteiger partial charge on any atom is 0.434 e. The molecule has 58 heavy (non-hydrogen) atoms. The second-order valence-electron chi connectivity index (χ2n) is 17.5. The van der Waals surface area contributed by atoms with Gasteiger partial charge in [0.1, 0.15) is 23.0 Å². The summed E-state index contributed by atoms with van der Waals surface area (Å²) in [6.07, 6.45) is 5.79. The van der Waals surface area contributed by atoms with E-state index < -0.39 is 40.5 Å². The molecule has 4 saturated carbocycles. The van der Waals surface area contributed by atoms with Gasteiger partial charge in [-0.1, -0.05) is 18.2 Å². The van der Waals surface area contributed by atoms with Gasteiger partial charge >= 0.3 is 12.1 Å². The number of carbonyl (C=O) groups excluding carboxylic acids is 2. The van der Waals surface area contributed by atoms with Crippen molar-refractivity contribution in [2.24, 2.45) is 23.7 Å². The van der Waals surface area contributed by atoms with E-state index in [1.807, 2.05) is 53.1 Å². The second-order valence-corrected chi connectivity index (χ2v) is 17.5. The van der Waals surface area contributed by atoms with Crippen molar-refractivity contribution in [2.45, 2.75) is 89.1 Å². The van der Waals surface area contributed by atoms with Crippen molar-refractivity contribution < 1.29 is 32.2 Å². The number of nitrogens with one attached hydrogen (secondary N) is 1. The molecule has 5 fully saturated rings. The van der Waals surface area contributed by atoms with E-state index in [0.717, 1.165) is 69.2 Å². The SMILES string of the molecule is CC(C)(C)OC(=O)C1(NC(=O)c2ccc(-c3cn(-c4ccccc4)c4cc(OC5CCN(c6ncccn6)CC5)ccc34)nc2C(F)(F)F)C2CC3CC(C2)CC1C3. The first-order chi connectivity index (χ1) is 27.7. The molecule has 1 saturated heterocycles. The van der Waals surface area contributed by atoms with Gasteiger partial charge in [-0.05, 0) is 119 Å². The lowest BCUT2D eigenvalue weighted by atomic mass is 9.48. The summed E-state index contributed by atoms with van der Waals surface area (Å²) >= 11 is 0. The lowest BCUT2D eigenvalue weighted by Gasteiger charge is -2.59. The highest BCUT2D eigenvalue weighted by atomic mass is 19.4. The minimum absolute atomic E-state index is 0.0416. The van der Waals surface area contributed by atoms with E-state index in [1.54, 1.807) is 45.4 Å². The van der Waals surface area contributed by atoms with E-state index in [9.17, 15) is 9.59 Å². The number of hydrogen-bond donors (Lipinski definition) is 1. The third-order valence-electron chi connectivity index (χ3n) is 12.6. The van der Waals surface area contributed by atoms with E-state index in [1.165, 1.54) is 12.1 Å². The molecule has 5 aromatic rings. The first-order valence-corrected chi connectivity index (χ1v) is 20.3. The Morgan fingerprint density at radius 1 is 0.845 bits per heavy atom. The van der Waals surface area contributed by atoms with Crippen LogP contribution in [0.25, 0.3) is 27.8 Å². The van der Waals surface area contributed by atoms with Crippen molar-refractivity contribution in [3.05, 3.63) is 96.6 Å². The van der Waals surface area contributed by atoms with E-state index in [-0.39, 0.29) is 23.6 Å². The molecule has 4 heterocycles. The van der Waals surface area contributed by atoms with Gasteiger partial charge in [0.05, 0.1) is 16.8 Å². The molecule has 302 valence electrons. The van der Waals surface area contributed by atoms with Crippen LogP contribution >= 0.6 is 0 Å². The number of aromatic nitrogens is 4. The van der Waals surface area contributed by atoms with Crippen LogP contribution in [0.1, 0.15) is 81.8 Å². The lowest BCUT2D eigenvalue weighted by molar-refractivity contribution is -0.180. The number of nitrogens with zero attached hydrogens (tertiary/aromatic N) is 5. The molecule has 0 radical (unpaired) electrons. The summed E-state index contributed by atoms with van der Waals surface area (Å²) in [5, 5.41) is 3.58. The number of fused-ring (bicyclic) bond motifs is 1. The Labute approximate surface area is 335 Å². The summed E-state index contributed by atoms with van der Waals surface area (Å²) in [4.78, 5) is 43.4. The van der Waals surface area contributed by atoms with Gasteiger partial charge in [-0.25, -0.2) is 19.7 Å². The fraction of sp³-hybridized carbons (Fsp3) is 0.444. The molecular weight excluding hydrogens is 746 g/mol. The molecule has 3 aromatic heterocycles. The minimum atomic E-state index is -4.97. The third-order valence-corrected chi connectivity index (χ3v) is 12.6. The first-order valence-electron chi connectivity index (χ1n) is 20.3. The maximum atomic E-state index is 15.1. The number of carbonyl (C=O) groups is 2. The first kappa shape index (κ1) is 38.1. The molecule has 1 aliphatic heterocycles. The summed E-state index contributed by atoms with van der Waals surface area (Å²) < 4.78 is 59.5. The smallest absolute Gasteiger partial charge is 0.434 e. The topological polar surface area (TPSA) is 111 Å². The number of halogens is 3. The highest BCUT2D eigenvalue weighted by Crippen LogP contribution is 2.59. The number of alkyl halides is 3. The number of amides is 1. The largest absolute Gasteiger partial charge is 0.490 e. The molecule has 1 amide bonds.